The van der Waals surface area contributed by atoms with Crippen LogP contribution in [-0.2, 0) is 16.6 Å². The van der Waals surface area contributed by atoms with Gasteiger partial charge in [0.15, 0.2) is 0 Å². The van der Waals surface area contributed by atoms with Gasteiger partial charge >= 0.3 is 0 Å². The number of methoxy groups -OCH3 is 1. The summed E-state index contributed by atoms with van der Waals surface area (Å²) in [4.78, 5) is 9.15. The fourth-order valence-corrected chi connectivity index (χ4v) is 3.67. The largest absolute Gasteiger partial charge is 0.497 e. The zero-order chi connectivity index (χ0) is 21.8. The topological polar surface area (TPSA) is 119 Å². The Hall–Kier alpha value is -3.69. The summed E-state index contributed by atoms with van der Waals surface area (Å²) in [7, 11) is -2.18. The Morgan fingerprint density at radius 2 is 1.77 bits per heavy atom. The van der Waals surface area contributed by atoms with Crippen LogP contribution in [0.5, 0.6) is 5.75 Å². The predicted octanol–water partition coefficient (Wildman–Crippen LogP) is 3.64. The quantitative estimate of drug-likeness (QED) is 0.405. The number of rotatable bonds is 7. The molecule has 0 aliphatic carbocycles. The van der Waals surface area contributed by atoms with Gasteiger partial charge in [-0.2, -0.15) is 4.98 Å². The van der Waals surface area contributed by atoms with E-state index in [1.807, 2.05) is 48.5 Å². The summed E-state index contributed by atoms with van der Waals surface area (Å²) in [6.45, 7) is 0.540. The van der Waals surface area contributed by atoms with E-state index in [0.29, 0.717) is 24.0 Å². The second kappa shape index (κ2) is 8.58. The minimum absolute atomic E-state index is 0.00895. The third-order valence-corrected chi connectivity index (χ3v) is 5.53. The van der Waals surface area contributed by atoms with Crippen molar-refractivity contribution in [2.45, 2.75) is 11.4 Å². The monoisotopic (exact) mass is 435 g/mol. The average Bonchev–Trinajstić information content (AvgIpc) is 2.77. The normalized spacial score (nSPS) is 11.3. The van der Waals surface area contributed by atoms with Crippen LogP contribution in [0.1, 0.15) is 5.56 Å². The SMILES string of the molecule is COc1cccc(CNc2nc(Nc3cccc(S(N)(=O)=O)c3)nc3ccccc23)c1. The van der Waals surface area contributed by atoms with Gasteiger partial charge < -0.3 is 15.4 Å². The van der Waals surface area contributed by atoms with E-state index in [2.05, 4.69) is 20.6 Å². The summed E-state index contributed by atoms with van der Waals surface area (Å²) >= 11 is 0. The minimum atomic E-state index is -3.81. The molecular formula is C22H21N5O3S. The van der Waals surface area contributed by atoms with Gasteiger partial charge in [0.25, 0.3) is 0 Å². The highest BCUT2D eigenvalue weighted by Gasteiger charge is 2.11. The molecule has 0 aliphatic rings. The first kappa shape index (κ1) is 20.6. The molecule has 158 valence electrons. The van der Waals surface area contributed by atoms with Gasteiger partial charge in [-0.3, -0.25) is 0 Å². The van der Waals surface area contributed by atoms with Crippen LogP contribution in [0.25, 0.3) is 10.9 Å². The molecule has 9 heteroatoms. The van der Waals surface area contributed by atoms with Crippen molar-refractivity contribution in [2.75, 3.05) is 17.7 Å². The zero-order valence-corrected chi connectivity index (χ0v) is 17.6. The summed E-state index contributed by atoms with van der Waals surface area (Å²) in [6, 6.07) is 21.6. The van der Waals surface area contributed by atoms with Crippen molar-refractivity contribution >= 4 is 38.4 Å². The van der Waals surface area contributed by atoms with Crippen molar-refractivity contribution in [3.8, 4) is 5.75 Å². The molecule has 0 bridgehead atoms. The highest BCUT2D eigenvalue weighted by atomic mass is 32.2. The van der Waals surface area contributed by atoms with Gasteiger partial charge in [-0.1, -0.05) is 30.3 Å². The standard InChI is InChI=1S/C22H21N5O3S/c1-30-17-8-4-6-15(12-17)14-24-21-19-10-2-3-11-20(19)26-22(27-21)25-16-7-5-9-18(13-16)31(23,28)29/h2-13H,14H2,1H3,(H2,23,28,29)(H2,24,25,26,27). The molecule has 1 aromatic heterocycles. The fraction of sp³-hybridized carbons (Fsp3) is 0.0909. The van der Waals surface area contributed by atoms with E-state index >= 15 is 0 Å². The van der Waals surface area contributed by atoms with Crippen molar-refractivity contribution in [2.24, 2.45) is 5.14 Å². The van der Waals surface area contributed by atoms with E-state index in [1.165, 1.54) is 12.1 Å². The second-order valence-electron chi connectivity index (χ2n) is 6.82. The molecule has 0 aliphatic heterocycles. The fourth-order valence-electron chi connectivity index (χ4n) is 3.12. The average molecular weight is 436 g/mol. The number of benzene rings is 3. The lowest BCUT2D eigenvalue weighted by Gasteiger charge is -2.13. The number of aromatic nitrogens is 2. The minimum Gasteiger partial charge on any atom is -0.497 e. The van der Waals surface area contributed by atoms with Gasteiger partial charge in [0.05, 0.1) is 17.5 Å². The smallest absolute Gasteiger partial charge is 0.238 e. The van der Waals surface area contributed by atoms with Crippen LogP contribution in [0.2, 0.25) is 0 Å². The number of nitrogens with zero attached hydrogens (tertiary/aromatic N) is 2. The van der Waals surface area contributed by atoms with E-state index in [-0.39, 0.29) is 4.90 Å². The molecule has 4 rings (SSSR count). The Balaban J connectivity index is 1.65. The number of nitrogens with one attached hydrogen (secondary N) is 2. The molecule has 4 aromatic rings. The number of hydrogen-bond acceptors (Lipinski definition) is 7. The maximum atomic E-state index is 11.6. The van der Waals surface area contributed by atoms with E-state index in [1.54, 1.807) is 19.2 Å². The highest BCUT2D eigenvalue weighted by Crippen LogP contribution is 2.25. The lowest BCUT2D eigenvalue weighted by molar-refractivity contribution is 0.414. The van der Waals surface area contributed by atoms with Crippen LogP contribution in [0.15, 0.2) is 77.7 Å². The molecule has 0 spiro atoms. The summed E-state index contributed by atoms with van der Waals surface area (Å²) in [6.07, 6.45) is 0. The number of para-hydroxylation sites is 1. The van der Waals surface area contributed by atoms with Crippen molar-refractivity contribution in [3.05, 3.63) is 78.4 Å². The molecule has 0 saturated carbocycles. The molecular weight excluding hydrogens is 414 g/mol. The first-order valence-corrected chi connectivity index (χ1v) is 11.0. The number of hydrogen-bond donors (Lipinski definition) is 3. The molecule has 0 unspecified atom stereocenters. The molecule has 0 fully saturated rings. The van der Waals surface area contributed by atoms with Crippen LogP contribution in [0.4, 0.5) is 17.5 Å². The Labute approximate surface area is 180 Å². The number of ether oxygens (including phenoxy) is 1. The lowest BCUT2D eigenvalue weighted by Crippen LogP contribution is -2.12. The second-order valence-corrected chi connectivity index (χ2v) is 8.38. The van der Waals surface area contributed by atoms with Gasteiger partial charge in [-0.25, -0.2) is 18.5 Å². The number of sulfonamides is 1. The van der Waals surface area contributed by atoms with Crippen molar-refractivity contribution < 1.29 is 13.2 Å². The van der Waals surface area contributed by atoms with Gasteiger partial charge in [-0.15, -0.1) is 0 Å². The summed E-state index contributed by atoms with van der Waals surface area (Å²) < 4.78 is 28.5. The van der Waals surface area contributed by atoms with Crippen molar-refractivity contribution in [1.82, 2.24) is 9.97 Å². The Morgan fingerprint density at radius 3 is 2.58 bits per heavy atom. The maximum Gasteiger partial charge on any atom is 0.238 e. The molecule has 3 aromatic carbocycles. The molecule has 31 heavy (non-hydrogen) atoms. The third kappa shape index (κ3) is 4.90. The van der Waals surface area contributed by atoms with E-state index in [4.69, 9.17) is 9.88 Å². The Bertz CT molecular complexity index is 1340. The first-order chi connectivity index (χ1) is 14.9. The van der Waals surface area contributed by atoms with Crippen LogP contribution < -0.4 is 20.5 Å². The zero-order valence-electron chi connectivity index (χ0n) is 16.7. The summed E-state index contributed by atoms with van der Waals surface area (Å²) in [5, 5.41) is 12.5. The molecule has 0 saturated heterocycles. The van der Waals surface area contributed by atoms with E-state index in [0.717, 1.165) is 22.2 Å². The maximum absolute atomic E-state index is 11.6. The number of primary sulfonamides is 1. The van der Waals surface area contributed by atoms with Gasteiger partial charge in [0.2, 0.25) is 16.0 Å². The van der Waals surface area contributed by atoms with Gasteiger partial charge in [0, 0.05) is 17.6 Å². The predicted molar refractivity (Wildman–Crippen MR) is 121 cm³/mol. The first-order valence-electron chi connectivity index (χ1n) is 9.46. The molecule has 0 atom stereocenters. The Morgan fingerprint density at radius 1 is 0.968 bits per heavy atom. The molecule has 0 radical (unpaired) electrons. The van der Waals surface area contributed by atoms with E-state index in [9.17, 15) is 8.42 Å². The van der Waals surface area contributed by atoms with Crippen molar-refractivity contribution in [1.29, 1.82) is 0 Å². The Kier molecular flexibility index (Phi) is 5.70. The molecule has 1 heterocycles. The van der Waals surface area contributed by atoms with Crippen molar-refractivity contribution in [3.63, 3.8) is 0 Å². The summed E-state index contributed by atoms with van der Waals surface area (Å²) in [5.41, 5.74) is 2.30. The molecule has 8 nitrogen and oxygen atoms in total. The van der Waals surface area contributed by atoms with Crippen LogP contribution in [0.3, 0.4) is 0 Å². The number of anilines is 3. The lowest BCUT2D eigenvalue weighted by atomic mass is 10.2. The van der Waals surface area contributed by atoms with Gasteiger partial charge in [0.1, 0.15) is 11.6 Å². The number of fused-ring (bicyclic) bond motifs is 1. The van der Waals surface area contributed by atoms with Crippen LogP contribution in [0, 0.1) is 0 Å². The van der Waals surface area contributed by atoms with E-state index < -0.39 is 10.0 Å². The number of nitrogens with two attached hydrogens (primary N) is 1. The van der Waals surface area contributed by atoms with Gasteiger partial charge in [-0.05, 0) is 48.0 Å². The molecule has 4 N–H and O–H groups in total. The van der Waals surface area contributed by atoms with Crippen LogP contribution >= 0.6 is 0 Å². The molecule has 0 amide bonds. The van der Waals surface area contributed by atoms with Crippen LogP contribution in [-0.4, -0.2) is 25.5 Å². The highest BCUT2D eigenvalue weighted by molar-refractivity contribution is 7.89. The summed E-state index contributed by atoms with van der Waals surface area (Å²) in [5.74, 6) is 1.76. The third-order valence-electron chi connectivity index (χ3n) is 4.62.